The Kier molecular flexibility index (Phi) is 5.19. The number of amides is 1. The number of halogens is 1. The first kappa shape index (κ1) is 17.2. The second-order valence-electron chi connectivity index (χ2n) is 5.87. The predicted molar refractivity (Wildman–Crippen MR) is 93.9 cm³/mol. The van der Waals surface area contributed by atoms with Crippen LogP contribution < -0.4 is 10.1 Å². The number of nitro benzene ring substituents is 1. The Labute approximate surface area is 149 Å². The molecule has 1 aliphatic rings. The number of non-ortho nitro benzene ring substituents is 1. The minimum absolute atomic E-state index is 0.0200. The standard InChI is InChI=1S/C18H17ClN2O4/c19-15-10-13(21(23)24)8-9-17(15)25-11-18(22)20-16-7-3-5-12-4-1-2-6-14(12)16/h1-2,4,6,8-10,16H,3,5,7,11H2,(H,20,22)/t16-/m0/s1. The number of carbonyl (C=O) groups is 1. The Balaban J connectivity index is 1.60. The maximum Gasteiger partial charge on any atom is 0.271 e. The molecule has 0 saturated heterocycles. The van der Waals surface area contributed by atoms with E-state index in [1.54, 1.807) is 0 Å². The Morgan fingerprint density at radius 2 is 2.12 bits per heavy atom. The van der Waals surface area contributed by atoms with E-state index in [-0.39, 0.29) is 35.0 Å². The third-order valence-electron chi connectivity index (χ3n) is 4.19. The third kappa shape index (κ3) is 4.09. The molecule has 0 saturated carbocycles. The number of nitro groups is 1. The Bertz CT molecular complexity index is 809. The smallest absolute Gasteiger partial charge is 0.271 e. The minimum Gasteiger partial charge on any atom is -0.482 e. The fourth-order valence-corrected chi connectivity index (χ4v) is 3.23. The van der Waals surface area contributed by atoms with Gasteiger partial charge in [0.1, 0.15) is 5.75 Å². The van der Waals surface area contributed by atoms with E-state index in [2.05, 4.69) is 11.4 Å². The molecule has 0 unspecified atom stereocenters. The van der Waals surface area contributed by atoms with E-state index in [9.17, 15) is 14.9 Å². The number of nitrogens with zero attached hydrogens (tertiary/aromatic N) is 1. The number of benzene rings is 2. The van der Waals surface area contributed by atoms with Gasteiger partial charge < -0.3 is 10.1 Å². The number of hydrogen-bond donors (Lipinski definition) is 1. The zero-order valence-corrected chi connectivity index (χ0v) is 14.2. The van der Waals surface area contributed by atoms with Crippen LogP contribution in [0.2, 0.25) is 5.02 Å². The van der Waals surface area contributed by atoms with Crippen LogP contribution in [0.5, 0.6) is 5.75 Å². The van der Waals surface area contributed by atoms with E-state index in [0.717, 1.165) is 24.8 Å². The molecule has 0 spiro atoms. The molecule has 0 fully saturated rings. The van der Waals surface area contributed by atoms with Crippen LogP contribution in [0.3, 0.4) is 0 Å². The molecule has 3 rings (SSSR count). The summed E-state index contributed by atoms with van der Waals surface area (Å²) in [5.41, 5.74) is 2.29. The molecule has 2 aromatic carbocycles. The van der Waals surface area contributed by atoms with Crippen molar-refractivity contribution in [3.05, 3.63) is 68.7 Å². The van der Waals surface area contributed by atoms with Crippen LogP contribution in [0, 0.1) is 10.1 Å². The lowest BCUT2D eigenvalue weighted by Crippen LogP contribution is -2.34. The van der Waals surface area contributed by atoms with E-state index in [4.69, 9.17) is 16.3 Å². The Morgan fingerprint density at radius 3 is 2.88 bits per heavy atom. The molecule has 0 bridgehead atoms. The first-order valence-corrected chi connectivity index (χ1v) is 8.36. The van der Waals surface area contributed by atoms with Crippen LogP contribution in [0.1, 0.15) is 30.0 Å². The summed E-state index contributed by atoms with van der Waals surface area (Å²) in [6.45, 7) is -0.198. The summed E-state index contributed by atoms with van der Waals surface area (Å²) in [6.07, 6.45) is 2.94. The molecule has 0 aliphatic heterocycles. The molecule has 2 aromatic rings. The zero-order valence-electron chi connectivity index (χ0n) is 13.4. The van der Waals surface area contributed by atoms with Gasteiger partial charge in [-0.2, -0.15) is 0 Å². The quantitative estimate of drug-likeness (QED) is 0.649. The summed E-state index contributed by atoms with van der Waals surface area (Å²) in [7, 11) is 0. The highest BCUT2D eigenvalue weighted by Gasteiger charge is 2.21. The number of ether oxygens (including phenoxy) is 1. The van der Waals surface area contributed by atoms with Gasteiger partial charge in [-0.25, -0.2) is 0 Å². The number of nitrogens with one attached hydrogen (secondary N) is 1. The van der Waals surface area contributed by atoms with Crippen LogP contribution in [0.25, 0.3) is 0 Å². The van der Waals surface area contributed by atoms with E-state index in [1.165, 1.54) is 23.8 Å². The van der Waals surface area contributed by atoms with Gasteiger partial charge in [0, 0.05) is 12.1 Å². The average molecular weight is 361 g/mol. The largest absolute Gasteiger partial charge is 0.482 e. The highest BCUT2D eigenvalue weighted by molar-refractivity contribution is 6.32. The molecular weight excluding hydrogens is 344 g/mol. The number of fused-ring (bicyclic) bond motifs is 1. The molecule has 1 atom stereocenters. The maximum absolute atomic E-state index is 12.2. The number of aryl methyl sites for hydroxylation is 1. The van der Waals surface area contributed by atoms with E-state index in [0.29, 0.717) is 0 Å². The molecule has 0 aromatic heterocycles. The van der Waals surface area contributed by atoms with Gasteiger partial charge in [-0.05, 0) is 36.5 Å². The van der Waals surface area contributed by atoms with Crippen molar-refractivity contribution in [2.24, 2.45) is 0 Å². The first-order chi connectivity index (χ1) is 12.0. The van der Waals surface area contributed by atoms with Crippen molar-refractivity contribution in [3.63, 3.8) is 0 Å². The molecule has 130 valence electrons. The van der Waals surface area contributed by atoms with Gasteiger partial charge in [0.15, 0.2) is 6.61 Å². The third-order valence-corrected chi connectivity index (χ3v) is 4.49. The van der Waals surface area contributed by atoms with Crippen molar-refractivity contribution in [1.29, 1.82) is 0 Å². The fraction of sp³-hybridized carbons (Fsp3) is 0.278. The lowest BCUT2D eigenvalue weighted by molar-refractivity contribution is -0.384. The van der Waals surface area contributed by atoms with Crippen molar-refractivity contribution in [2.75, 3.05) is 6.61 Å². The van der Waals surface area contributed by atoms with Gasteiger partial charge in [0.05, 0.1) is 16.0 Å². The number of hydrogen-bond acceptors (Lipinski definition) is 4. The van der Waals surface area contributed by atoms with E-state index >= 15 is 0 Å². The second kappa shape index (κ2) is 7.53. The molecule has 0 heterocycles. The maximum atomic E-state index is 12.2. The van der Waals surface area contributed by atoms with Crippen molar-refractivity contribution < 1.29 is 14.5 Å². The molecular formula is C18H17ClN2O4. The highest BCUT2D eigenvalue weighted by atomic mass is 35.5. The Morgan fingerprint density at radius 1 is 1.32 bits per heavy atom. The normalized spacial score (nSPS) is 16.0. The fourth-order valence-electron chi connectivity index (χ4n) is 3.00. The van der Waals surface area contributed by atoms with Gasteiger partial charge in [-0.15, -0.1) is 0 Å². The van der Waals surface area contributed by atoms with Crippen LogP contribution >= 0.6 is 11.6 Å². The molecule has 0 radical (unpaired) electrons. The zero-order chi connectivity index (χ0) is 17.8. The lowest BCUT2D eigenvalue weighted by atomic mass is 9.88. The SMILES string of the molecule is O=C(COc1ccc([N+](=O)[O-])cc1Cl)N[C@H]1CCCc2ccccc21. The Hall–Kier alpha value is -2.60. The molecule has 1 N–H and O–H groups in total. The monoisotopic (exact) mass is 360 g/mol. The van der Waals surface area contributed by atoms with Crippen LogP contribution in [-0.4, -0.2) is 17.4 Å². The lowest BCUT2D eigenvalue weighted by Gasteiger charge is -2.26. The van der Waals surface area contributed by atoms with Gasteiger partial charge in [0.25, 0.3) is 11.6 Å². The van der Waals surface area contributed by atoms with Crippen LogP contribution in [0.4, 0.5) is 5.69 Å². The van der Waals surface area contributed by atoms with E-state index in [1.807, 2.05) is 18.2 Å². The number of carbonyl (C=O) groups excluding carboxylic acids is 1. The van der Waals surface area contributed by atoms with Crippen LogP contribution in [0.15, 0.2) is 42.5 Å². The highest BCUT2D eigenvalue weighted by Crippen LogP contribution is 2.30. The van der Waals surface area contributed by atoms with Crippen molar-refractivity contribution in [2.45, 2.75) is 25.3 Å². The van der Waals surface area contributed by atoms with Crippen molar-refractivity contribution >= 4 is 23.2 Å². The summed E-state index contributed by atoms with van der Waals surface area (Å²) < 4.78 is 5.40. The average Bonchev–Trinajstić information content (AvgIpc) is 2.61. The molecule has 6 nitrogen and oxygen atoms in total. The predicted octanol–water partition coefficient (Wildman–Crippen LogP) is 3.82. The topological polar surface area (TPSA) is 81.5 Å². The van der Waals surface area contributed by atoms with Gasteiger partial charge in [-0.1, -0.05) is 35.9 Å². The summed E-state index contributed by atoms with van der Waals surface area (Å²) >= 11 is 5.95. The van der Waals surface area contributed by atoms with Gasteiger partial charge >= 0.3 is 0 Å². The van der Waals surface area contributed by atoms with Crippen molar-refractivity contribution in [1.82, 2.24) is 5.32 Å². The van der Waals surface area contributed by atoms with Crippen LogP contribution in [-0.2, 0) is 11.2 Å². The number of rotatable bonds is 5. The molecule has 1 aliphatic carbocycles. The summed E-state index contributed by atoms with van der Waals surface area (Å²) in [5.74, 6) is -0.0115. The minimum atomic E-state index is -0.539. The van der Waals surface area contributed by atoms with Gasteiger partial charge in [0.2, 0.25) is 0 Å². The molecule has 25 heavy (non-hydrogen) atoms. The molecule has 1 amide bonds. The summed E-state index contributed by atoms with van der Waals surface area (Å²) in [5, 5.41) is 13.8. The first-order valence-electron chi connectivity index (χ1n) is 7.98. The molecule has 7 heteroatoms. The van der Waals surface area contributed by atoms with Gasteiger partial charge in [-0.3, -0.25) is 14.9 Å². The summed E-state index contributed by atoms with van der Waals surface area (Å²) in [4.78, 5) is 22.3. The second-order valence-corrected chi connectivity index (χ2v) is 6.28. The summed E-state index contributed by atoms with van der Waals surface area (Å²) in [6, 6.07) is 12.0. The van der Waals surface area contributed by atoms with Crippen molar-refractivity contribution in [3.8, 4) is 5.75 Å². The van der Waals surface area contributed by atoms with E-state index < -0.39 is 4.92 Å².